The Morgan fingerprint density at radius 2 is 1.89 bits per heavy atom. The molecule has 1 aromatic carbocycles. The Balaban J connectivity index is 2.15. The van der Waals surface area contributed by atoms with Crippen molar-refractivity contribution in [3.63, 3.8) is 0 Å². The lowest BCUT2D eigenvalue weighted by atomic mass is 9.98. The molecule has 0 aliphatic carbocycles. The molecule has 2 rings (SSSR count). The summed E-state index contributed by atoms with van der Waals surface area (Å²) >= 11 is 0. The maximum absolute atomic E-state index is 12.1. The molecule has 1 aliphatic rings. The summed E-state index contributed by atoms with van der Waals surface area (Å²) in [7, 11) is 0. The molecule has 3 nitrogen and oxygen atoms in total. The van der Waals surface area contributed by atoms with Gasteiger partial charge in [-0.25, -0.2) is 4.79 Å². The van der Waals surface area contributed by atoms with Gasteiger partial charge in [0, 0.05) is 5.71 Å². The van der Waals surface area contributed by atoms with E-state index < -0.39 is 5.60 Å². The lowest BCUT2D eigenvalue weighted by molar-refractivity contribution is -0.157. The lowest BCUT2D eigenvalue weighted by Gasteiger charge is -2.22. The summed E-state index contributed by atoms with van der Waals surface area (Å²) in [6, 6.07) is 9.65. The fourth-order valence-corrected chi connectivity index (χ4v) is 2.23. The van der Waals surface area contributed by atoms with E-state index in [2.05, 4.69) is 4.99 Å². The molecule has 19 heavy (non-hydrogen) atoms. The van der Waals surface area contributed by atoms with E-state index in [0.717, 1.165) is 17.7 Å². The SMILES string of the molecule is CC1CC(c2ccccc2)=N[C@@H]1C(=O)OC(C)(C)C. The number of hydrogen-bond acceptors (Lipinski definition) is 3. The van der Waals surface area contributed by atoms with Crippen molar-refractivity contribution in [2.45, 2.75) is 45.8 Å². The maximum Gasteiger partial charge on any atom is 0.331 e. The quantitative estimate of drug-likeness (QED) is 0.765. The molecule has 1 aliphatic heterocycles. The summed E-state index contributed by atoms with van der Waals surface area (Å²) in [4.78, 5) is 16.7. The van der Waals surface area contributed by atoms with Crippen molar-refractivity contribution in [1.29, 1.82) is 0 Å². The second-order valence-corrected chi connectivity index (χ2v) is 6.10. The normalized spacial score (nSPS) is 23.1. The van der Waals surface area contributed by atoms with E-state index in [0.29, 0.717) is 0 Å². The van der Waals surface area contributed by atoms with Crippen LogP contribution in [0.5, 0.6) is 0 Å². The molecule has 0 saturated carbocycles. The highest BCUT2D eigenvalue weighted by atomic mass is 16.6. The molecule has 0 N–H and O–H groups in total. The molecular formula is C16H21NO2. The molecule has 1 heterocycles. The Labute approximate surface area is 114 Å². The van der Waals surface area contributed by atoms with E-state index >= 15 is 0 Å². The Hall–Kier alpha value is -1.64. The summed E-state index contributed by atoms with van der Waals surface area (Å²) in [6.45, 7) is 7.69. The lowest BCUT2D eigenvalue weighted by Crippen LogP contribution is -2.32. The van der Waals surface area contributed by atoms with Crippen LogP contribution in [0.3, 0.4) is 0 Å². The number of carbonyl (C=O) groups is 1. The van der Waals surface area contributed by atoms with Crippen molar-refractivity contribution in [3.8, 4) is 0 Å². The molecule has 2 atom stereocenters. The second-order valence-electron chi connectivity index (χ2n) is 6.10. The van der Waals surface area contributed by atoms with Crippen LogP contribution < -0.4 is 0 Å². The van der Waals surface area contributed by atoms with Gasteiger partial charge in [0.25, 0.3) is 0 Å². The highest BCUT2D eigenvalue weighted by molar-refractivity contribution is 6.04. The van der Waals surface area contributed by atoms with E-state index in [1.807, 2.05) is 58.0 Å². The van der Waals surface area contributed by atoms with Crippen molar-refractivity contribution in [2.24, 2.45) is 10.9 Å². The molecule has 0 aromatic heterocycles. The van der Waals surface area contributed by atoms with Crippen LogP contribution in [0.1, 0.15) is 39.7 Å². The number of benzene rings is 1. The fraction of sp³-hybridized carbons (Fsp3) is 0.500. The van der Waals surface area contributed by atoms with Crippen LogP contribution in [0.15, 0.2) is 35.3 Å². The predicted octanol–water partition coefficient (Wildman–Crippen LogP) is 3.23. The standard InChI is InChI=1S/C16H21NO2/c1-11-10-13(12-8-6-5-7-9-12)17-14(11)15(18)19-16(2,3)4/h5-9,11,14H,10H2,1-4H3/t11?,14-/m0/s1. The first-order valence-corrected chi connectivity index (χ1v) is 6.72. The van der Waals surface area contributed by atoms with Crippen molar-refractivity contribution >= 4 is 11.7 Å². The summed E-state index contributed by atoms with van der Waals surface area (Å²) in [5, 5.41) is 0. The average Bonchev–Trinajstić information content (AvgIpc) is 2.70. The minimum atomic E-state index is -0.457. The van der Waals surface area contributed by atoms with Crippen molar-refractivity contribution in [3.05, 3.63) is 35.9 Å². The zero-order chi connectivity index (χ0) is 14.0. The van der Waals surface area contributed by atoms with Crippen molar-refractivity contribution in [2.75, 3.05) is 0 Å². The Kier molecular flexibility index (Phi) is 3.74. The number of esters is 1. The van der Waals surface area contributed by atoms with E-state index in [4.69, 9.17) is 4.74 Å². The van der Waals surface area contributed by atoms with Gasteiger partial charge >= 0.3 is 5.97 Å². The van der Waals surface area contributed by atoms with E-state index in [9.17, 15) is 4.79 Å². The van der Waals surface area contributed by atoms with Crippen LogP contribution in [0.2, 0.25) is 0 Å². The van der Waals surface area contributed by atoms with Gasteiger partial charge in [0.1, 0.15) is 5.60 Å². The molecule has 102 valence electrons. The zero-order valence-electron chi connectivity index (χ0n) is 12.0. The summed E-state index contributed by atoms with van der Waals surface area (Å²) < 4.78 is 5.43. The van der Waals surface area contributed by atoms with Gasteiger partial charge in [0.15, 0.2) is 6.04 Å². The summed E-state index contributed by atoms with van der Waals surface area (Å²) in [6.07, 6.45) is 0.827. The molecule has 0 spiro atoms. The fourth-order valence-electron chi connectivity index (χ4n) is 2.23. The monoisotopic (exact) mass is 259 g/mol. The van der Waals surface area contributed by atoms with Crippen LogP contribution in [-0.2, 0) is 9.53 Å². The number of rotatable bonds is 2. The highest BCUT2D eigenvalue weighted by Gasteiger charge is 2.34. The smallest absolute Gasteiger partial charge is 0.331 e. The number of nitrogens with zero attached hydrogens (tertiary/aromatic N) is 1. The molecule has 0 radical (unpaired) electrons. The average molecular weight is 259 g/mol. The number of aliphatic imine (C=N–C) groups is 1. The minimum absolute atomic E-state index is 0.199. The number of hydrogen-bond donors (Lipinski definition) is 0. The van der Waals surface area contributed by atoms with Crippen LogP contribution in [0.25, 0.3) is 0 Å². The first kappa shape index (κ1) is 13.8. The highest BCUT2D eigenvalue weighted by Crippen LogP contribution is 2.26. The molecular weight excluding hydrogens is 238 g/mol. The van der Waals surface area contributed by atoms with Gasteiger partial charge in [-0.05, 0) is 38.7 Å². The molecule has 1 aromatic rings. The summed E-state index contributed by atoms with van der Waals surface area (Å²) in [5.74, 6) is -0.0176. The van der Waals surface area contributed by atoms with Crippen LogP contribution in [0, 0.1) is 5.92 Å². The molecule has 0 fully saturated rings. The zero-order valence-corrected chi connectivity index (χ0v) is 12.0. The maximum atomic E-state index is 12.1. The Bertz CT molecular complexity index is 485. The molecule has 3 heteroatoms. The van der Waals surface area contributed by atoms with Crippen LogP contribution >= 0.6 is 0 Å². The third-order valence-corrected chi connectivity index (χ3v) is 3.10. The molecule has 0 amide bonds. The first-order valence-electron chi connectivity index (χ1n) is 6.72. The topological polar surface area (TPSA) is 38.7 Å². The van der Waals surface area contributed by atoms with Gasteiger partial charge in [0.05, 0.1) is 0 Å². The van der Waals surface area contributed by atoms with Crippen LogP contribution in [-0.4, -0.2) is 23.3 Å². The van der Waals surface area contributed by atoms with Crippen LogP contribution in [0.4, 0.5) is 0 Å². The third kappa shape index (κ3) is 3.43. The van der Waals surface area contributed by atoms with E-state index in [-0.39, 0.29) is 17.9 Å². The molecule has 0 bridgehead atoms. The predicted molar refractivity (Wildman–Crippen MR) is 76.4 cm³/mol. The van der Waals surface area contributed by atoms with Crippen molar-refractivity contribution < 1.29 is 9.53 Å². The van der Waals surface area contributed by atoms with Crippen molar-refractivity contribution in [1.82, 2.24) is 0 Å². The van der Waals surface area contributed by atoms with Gasteiger partial charge in [-0.3, -0.25) is 4.99 Å². The number of ether oxygens (including phenoxy) is 1. The van der Waals surface area contributed by atoms with E-state index in [1.165, 1.54) is 0 Å². The molecule has 1 unspecified atom stereocenters. The minimum Gasteiger partial charge on any atom is -0.458 e. The Morgan fingerprint density at radius 3 is 2.47 bits per heavy atom. The number of carbonyl (C=O) groups excluding carboxylic acids is 1. The third-order valence-electron chi connectivity index (χ3n) is 3.10. The first-order chi connectivity index (χ1) is 8.87. The van der Waals surface area contributed by atoms with E-state index in [1.54, 1.807) is 0 Å². The van der Waals surface area contributed by atoms with Gasteiger partial charge in [-0.15, -0.1) is 0 Å². The van der Waals surface area contributed by atoms with Gasteiger partial charge in [0.2, 0.25) is 0 Å². The van der Waals surface area contributed by atoms with Gasteiger partial charge in [-0.2, -0.15) is 0 Å². The van der Waals surface area contributed by atoms with Gasteiger partial charge in [-0.1, -0.05) is 37.3 Å². The second kappa shape index (κ2) is 5.16. The largest absolute Gasteiger partial charge is 0.458 e. The molecule has 0 saturated heterocycles. The Morgan fingerprint density at radius 1 is 1.26 bits per heavy atom. The van der Waals surface area contributed by atoms with Gasteiger partial charge < -0.3 is 4.74 Å². The summed E-state index contributed by atoms with van der Waals surface area (Å²) in [5.41, 5.74) is 1.64.